The summed E-state index contributed by atoms with van der Waals surface area (Å²) in [5.41, 5.74) is 3.44. The van der Waals surface area contributed by atoms with Gasteiger partial charge >= 0.3 is 0 Å². The molecule has 1 aliphatic rings. The number of para-hydroxylation sites is 1. The number of fused-ring (bicyclic) bond motifs is 1. The lowest BCUT2D eigenvalue weighted by atomic mass is 10.0. The normalized spacial score (nSPS) is 15.9. The van der Waals surface area contributed by atoms with Gasteiger partial charge in [0.15, 0.2) is 11.5 Å². The number of hydrogen-bond donors (Lipinski definition) is 2. The first-order valence-corrected chi connectivity index (χ1v) is 14.2. The molecule has 5 aromatic rings. The number of rotatable bonds is 8. The molecule has 4 aromatic heterocycles. The highest BCUT2D eigenvalue weighted by Gasteiger charge is 2.19. The number of benzene rings is 1. The van der Waals surface area contributed by atoms with Gasteiger partial charge in [-0.1, -0.05) is 13.0 Å². The molecule has 41 heavy (non-hydrogen) atoms. The minimum absolute atomic E-state index is 0.220. The summed E-state index contributed by atoms with van der Waals surface area (Å²) in [4.78, 5) is 24.2. The fourth-order valence-corrected chi connectivity index (χ4v) is 5.81. The van der Waals surface area contributed by atoms with Crippen molar-refractivity contribution in [2.24, 2.45) is 5.92 Å². The lowest BCUT2D eigenvalue weighted by molar-refractivity contribution is -0.117. The van der Waals surface area contributed by atoms with Gasteiger partial charge in [-0.25, -0.2) is 18.7 Å². The number of imidazole rings is 1. The molecule has 1 atom stereocenters. The van der Waals surface area contributed by atoms with Crippen LogP contribution in [0, 0.1) is 24.5 Å². The van der Waals surface area contributed by atoms with Gasteiger partial charge in [0.2, 0.25) is 5.91 Å². The highest BCUT2D eigenvalue weighted by molar-refractivity contribution is 7.10. The Kier molecular flexibility index (Phi) is 7.45. The van der Waals surface area contributed by atoms with Crippen LogP contribution in [-0.4, -0.2) is 52.4 Å². The van der Waals surface area contributed by atoms with Crippen molar-refractivity contribution in [1.82, 2.24) is 33.4 Å². The molecule has 0 radical (unpaired) electrons. The molecule has 1 unspecified atom stereocenters. The average molecular weight is 578 g/mol. The molecule has 10 nitrogen and oxygen atoms in total. The van der Waals surface area contributed by atoms with E-state index >= 15 is 0 Å². The Bertz CT molecular complexity index is 1690. The quantitative estimate of drug-likeness (QED) is 0.260. The summed E-state index contributed by atoms with van der Waals surface area (Å²) in [5.74, 6) is -0.967. The van der Waals surface area contributed by atoms with E-state index in [9.17, 15) is 13.6 Å². The van der Waals surface area contributed by atoms with Gasteiger partial charge in [0, 0.05) is 31.0 Å². The van der Waals surface area contributed by atoms with E-state index in [0.717, 1.165) is 59.4 Å². The number of hydrogen-bond acceptors (Lipinski definition) is 8. The van der Waals surface area contributed by atoms with Gasteiger partial charge in [0.05, 0.1) is 29.5 Å². The zero-order chi connectivity index (χ0) is 28.5. The number of nitrogens with zero attached hydrogens (tertiary/aromatic N) is 7. The van der Waals surface area contributed by atoms with E-state index in [4.69, 9.17) is 0 Å². The minimum atomic E-state index is -0.843. The molecule has 212 valence electrons. The van der Waals surface area contributed by atoms with Crippen LogP contribution in [-0.2, 0) is 17.9 Å². The number of carbonyl (C=O) groups excluding carboxylic acids is 1. The van der Waals surface area contributed by atoms with Crippen molar-refractivity contribution in [2.45, 2.75) is 39.8 Å². The van der Waals surface area contributed by atoms with Crippen LogP contribution in [0.5, 0.6) is 0 Å². The summed E-state index contributed by atoms with van der Waals surface area (Å²) in [7, 11) is 0. The van der Waals surface area contributed by atoms with E-state index in [-0.39, 0.29) is 6.54 Å². The van der Waals surface area contributed by atoms with Gasteiger partial charge in [-0.2, -0.15) is 9.47 Å². The van der Waals surface area contributed by atoms with E-state index in [1.54, 1.807) is 18.6 Å². The van der Waals surface area contributed by atoms with E-state index in [1.165, 1.54) is 35.1 Å². The fourth-order valence-electron chi connectivity index (χ4n) is 5.15. The number of amides is 1. The molecule has 1 saturated heterocycles. The van der Waals surface area contributed by atoms with Gasteiger partial charge in [-0.15, -0.1) is 0 Å². The maximum atomic E-state index is 13.9. The number of piperidine rings is 1. The van der Waals surface area contributed by atoms with Crippen LogP contribution in [0.2, 0.25) is 0 Å². The predicted octanol–water partition coefficient (Wildman–Crippen LogP) is 5.25. The summed E-state index contributed by atoms with van der Waals surface area (Å²) in [5, 5.41) is 10.8. The van der Waals surface area contributed by atoms with Crippen molar-refractivity contribution in [2.75, 3.05) is 23.7 Å². The van der Waals surface area contributed by atoms with Gasteiger partial charge in [-0.05, 0) is 62.0 Å². The molecule has 1 aromatic carbocycles. The second-order valence-corrected chi connectivity index (χ2v) is 11.2. The largest absolute Gasteiger partial charge is 0.328 e. The van der Waals surface area contributed by atoms with Crippen molar-refractivity contribution in [3.05, 3.63) is 72.1 Å². The maximum Gasteiger partial charge on any atom is 0.246 e. The standard InChI is InChI=1S/C28H29F2N9OS/c1-17-5-4-8-37(12-17)15-20-9-25(41-36-20)35-27-28-31-11-23(39(28)13-18(2)33-27)19-10-32-38(14-19)16-24(40)34-26-21(29)6-3-7-22(26)30/h3,6-7,9-11,13-14,17H,4-5,8,12,15-16H2,1-2H3,(H,33,35)(H,34,40). The first kappa shape index (κ1) is 27.0. The molecule has 0 bridgehead atoms. The molecule has 5 heterocycles. The van der Waals surface area contributed by atoms with Gasteiger partial charge in [0.25, 0.3) is 0 Å². The highest BCUT2D eigenvalue weighted by Crippen LogP contribution is 2.28. The fraction of sp³-hybridized carbons (Fsp3) is 0.321. The molecule has 0 saturated carbocycles. The van der Waals surface area contributed by atoms with Crippen LogP contribution < -0.4 is 10.6 Å². The molecule has 13 heteroatoms. The number of likely N-dealkylation sites (tertiary alicyclic amines) is 1. The zero-order valence-corrected chi connectivity index (χ0v) is 23.5. The highest BCUT2D eigenvalue weighted by atomic mass is 32.1. The summed E-state index contributed by atoms with van der Waals surface area (Å²) in [6, 6.07) is 5.47. The summed E-state index contributed by atoms with van der Waals surface area (Å²) in [6.07, 6.45) is 9.40. The number of carbonyl (C=O) groups is 1. The molecule has 1 aliphatic heterocycles. The molecule has 2 N–H and O–H groups in total. The molecule has 1 fully saturated rings. The Morgan fingerprint density at radius 1 is 1.20 bits per heavy atom. The summed E-state index contributed by atoms with van der Waals surface area (Å²) >= 11 is 1.40. The third kappa shape index (κ3) is 5.95. The number of halogens is 2. The molecule has 1 amide bonds. The van der Waals surface area contributed by atoms with Crippen molar-refractivity contribution in [3.8, 4) is 11.3 Å². The average Bonchev–Trinajstić information content (AvgIpc) is 3.67. The first-order valence-electron chi connectivity index (χ1n) is 13.4. The smallest absolute Gasteiger partial charge is 0.246 e. The predicted molar refractivity (Wildman–Crippen MR) is 153 cm³/mol. The third-order valence-electron chi connectivity index (χ3n) is 7.00. The van der Waals surface area contributed by atoms with Crippen LogP contribution in [0.3, 0.4) is 0 Å². The number of nitrogens with one attached hydrogen (secondary N) is 2. The van der Waals surface area contributed by atoms with Crippen molar-refractivity contribution in [3.63, 3.8) is 0 Å². The van der Waals surface area contributed by atoms with Gasteiger partial charge in [-0.3, -0.25) is 18.8 Å². The van der Waals surface area contributed by atoms with E-state index in [1.807, 2.05) is 17.5 Å². The molecule has 0 spiro atoms. The minimum Gasteiger partial charge on any atom is -0.328 e. The molecular formula is C28H29F2N9OS. The lowest BCUT2D eigenvalue weighted by Crippen LogP contribution is -2.33. The number of aryl methyl sites for hydroxylation is 1. The summed E-state index contributed by atoms with van der Waals surface area (Å²) in [6.45, 7) is 7.02. The van der Waals surface area contributed by atoms with E-state index in [2.05, 4.69) is 48.0 Å². The van der Waals surface area contributed by atoms with Crippen molar-refractivity contribution in [1.29, 1.82) is 0 Å². The van der Waals surface area contributed by atoms with Crippen molar-refractivity contribution < 1.29 is 13.6 Å². The van der Waals surface area contributed by atoms with Crippen LogP contribution in [0.4, 0.5) is 25.3 Å². The molecule has 6 rings (SSSR count). The Labute approximate surface area is 239 Å². The Morgan fingerprint density at radius 2 is 2.02 bits per heavy atom. The number of aromatic nitrogens is 6. The second kappa shape index (κ2) is 11.3. The first-order chi connectivity index (χ1) is 19.8. The Morgan fingerprint density at radius 3 is 2.83 bits per heavy atom. The van der Waals surface area contributed by atoms with E-state index < -0.39 is 23.2 Å². The Balaban J connectivity index is 1.17. The lowest BCUT2D eigenvalue weighted by Gasteiger charge is -2.30. The van der Waals surface area contributed by atoms with Gasteiger partial charge in [0.1, 0.15) is 28.9 Å². The maximum absolute atomic E-state index is 13.9. The molecular weight excluding hydrogens is 548 g/mol. The van der Waals surface area contributed by atoms with Crippen LogP contribution in [0.15, 0.2) is 49.1 Å². The van der Waals surface area contributed by atoms with Crippen LogP contribution in [0.25, 0.3) is 16.9 Å². The van der Waals surface area contributed by atoms with Crippen LogP contribution >= 0.6 is 11.5 Å². The third-order valence-corrected chi connectivity index (χ3v) is 7.74. The Hall–Kier alpha value is -4.23. The monoisotopic (exact) mass is 577 g/mol. The van der Waals surface area contributed by atoms with E-state index in [0.29, 0.717) is 17.4 Å². The second-order valence-electron chi connectivity index (χ2n) is 10.4. The SMILES string of the molecule is Cc1cn2c(-c3cnn(CC(=O)Nc4c(F)cccc4F)c3)cnc2c(Nc2cc(CN3CCCC(C)C3)ns2)n1. The van der Waals surface area contributed by atoms with Gasteiger partial charge < -0.3 is 10.6 Å². The topological polar surface area (TPSA) is 105 Å². The zero-order valence-electron chi connectivity index (χ0n) is 22.6. The number of anilines is 3. The summed E-state index contributed by atoms with van der Waals surface area (Å²) < 4.78 is 35.8. The van der Waals surface area contributed by atoms with Crippen LogP contribution in [0.1, 0.15) is 31.2 Å². The van der Waals surface area contributed by atoms with Crippen molar-refractivity contribution >= 4 is 39.6 Å². The molecule has 0 aliphatic carbocycles.